The van der Waals surface area contributed by atoms with Gasteiger partial charge in [0.2, 0.25) is 0 Å². The Bertz CT molecular complexity index is 507. The maximum absolute atomic E-state index is 12.7. The third-order valence-electron chi connectivity index (χ3n) is 4.76. The Morgan fingerprint density at radius 1 is 0.800 bits per heavy atom. The summed E-state index contributed by atoms with van der Waals surface area (Å²) in [6.45, 7) is 7.09. The number of esters is 2. The van der Waals surface area contributed by atoms with Crippen molar-refractivity contribution in [3.63, 3.8) is 0 Å². The fourth-order valence-corrected chi connectivity index (χ4v) is 7.12. The number of methoxy groups -OCH3 is 3. The van der Waals surface area contributed by atoms with Crippen LogP contribution in [-0.2, 0) is 41.9 Å². The molecule has 0 N–H and O–H groups in total. The Kier molecular flexibility index (Phi) is 6.27. The van der Waals surface area contributed by atoms with Gasteiger partial charge in [0.25, 0.3) is 0 Å². The normalized spacial score (nSPS) is 26.7. The average molecular weight is 384 g/mol. The minimum atomic E-state index is -4.68. The van der Waals surface area contributed by atoms with E-state index in [9.17, 15) is 9.59 Å². The van der Waals surface area contributed by atoms with Crippen molar-refractivity contribution in [1.82, 2.24) is 0 Å². The molecule has 1 aliphatic heterocycles. The van der Waals surface area contributed by atoms with E-state index in [4.69, 9.17) is 32.3 Å². The summed E-state index contributed by atoms with van der Waals surface area (Å²) >= 11 is 0. The molecule has 1 rings (SSSR count). The Hall–Kier alpha value is -0.830. The molecule has 2 unspecified atom stereocenters. The standard InChI is InChI=1S/C15H29O9P/c1-14(2)15(3,4)24-25(21-8,22-9,23-14)11(13(17)20-7)10(18-5)12(16)19-6/h10-11H,1-9H3. The van der Waals surface area contributed by atoms with Gasteiger partial charge in [-0.05, 0) is 0 Å². The van der Waals surface area contributed by atoms with Crippen molar-refractivity contribution in [3.8, 4) is 0 Å². The fraction of sp³-hybridized carbons (Fsp3) is 0.867. The van der Waals surface area contributed by atoms with Crippen molar-refractivity contribution in [2.45, 2.75) is 50.7 Å². The predicted molar refractivity (Wildman–Crippen MR) is 89.9 cm³/mol. The maximum atomic E-state index is 12.7. The summed E-state index contributed by atoms with van der Waals surface area (Å²) in [6.07, 6.45) is -1.42. The van der Waals surface area contributed by atoms with E-state index in [0.717, 1.165) is 0 Å². The van der Waals surface area contributed by atoms with Crippen molar-refractivity contribution >= 4 is 19.4 Å². The van der Waals surface area contributed by atoms with Gasteiger partial charge in [-0.25, -0.2) is 0 Å². The number of carbonyl (C=O) groups is 2. The van der Waals surface area contributed by atoms with Gasteiger partial charge in [-0.3, -0.25) is 0 Å². The monoisotopic (exact) mass is 384 g/mol. The molecule has 0 aromatic rings. The molecule has 25 heavy (non-hydrogen) atoms. The van der Waals surface area contributed by atoms with Crippen molar-refractivity contribution in [2.24, 2.45) is 0 Å². The molecule has 1 fully saturated rings. The van der Waals surface area contributed by atoms with Crippen LogP contribution in [0.15, 0.2) is 0 Å². The van der Waals surface area contributed by atoms with Crippen LogP contribution in [-0.4, -0.2) is 70.5 Å². The van der Waals surface area contributed by atoms with Gasteiger partial charge in [-0.2, -0.15) is 0 Å². The van der Waals surface area contributed by atoms with Crippen LogP contribution < -0.4 is 0 Å². The zero-order chi connectivity index (χ0) is 19.7. The van der Waals surface area contributed by atoms with Gasteiger partial charge in [-0.1, -0.05) is 0 Å². The molecule has 0 aliphatic carbocycles. The predicted octanol–water partition coefficient (Wildman–Crippen LogP) is 1.83. The molecule has 0 aromatic heterocycles. The Balaban J connectivity index is 3.71. The Morgan fingerprint density at radius 3 is 1.48 bits per heavy atom. The molecule has 1 saturated heterocycles. The van der Waals surface area contributed by atoms with Crippen LogP contribution in [0, 0.1) is 0 Å². The van der Waals surface area contributed by atoms with Crippen molar-refractivity contribution in [3.05, 3.63) is 0 Å². The Labute approximate surface area is 148 Å². The molecule has 10 heteroatoms. The van der Waals surface area contributed by atoms with Crippen LogP contribution >= 0.6 is 7.51 Å². The van der Waals surface area contributed by atoms with Gasteiger partial charge in [0.05, 0.1) is 0 Å². The molecule has 9 nitrogen and oxygen atoms in total. The van der Waals surface area contributed by atoms with E-state index in [1.165, 1.54) is 35.5 Å². The van der Waals surface area contributed by atoms with Crippen LogP contribution in [0.1, 0.15) is 27.7 Å². The third kappa shape index (κ3) is 3.29. The molecule has 0 bridgehead atoms. The first kappa shape index (κ1) is 22.2. The van der Waals surface area contributed by atoms with Crippen molar-refractivity contribution < 1.29 is 41.9 Å². The van der Waals surface area contributed by atoms with Gasteiger partial charge in [-0.15, -0.1) is 0 Å². The molecule has 0 spiro atoms. The third-order valence-corrected chi connectivity index (χ3v) is 9.04. The van der Waals surface area contributed by atoms with E-state index in [1.54, 1.807) is 27.7 Å². The van der Waals surface area contributed by atoms with Crippen LogP contribution in [0.25, 0.3) is 0 Å². The van der Waals surface area contributed by atoms with E-state index in [0.29, 0.717) is 0 Å². The molecule has 0 saturated carbocycles. The first-order valence-electron chi connectivity index (χ1n) is 7.65. The van der Waals surface area contributed by atoms with Crippen molar-refractivity contribution in [1.29, 1.82) is 0 Å². The van der Waals surface area contributed by atoms with Crippen molar-refractivity contribution in [2.75, 3.05) is 35.5 Å². The van der Waals surface area contributed by atoms with E-state index in [-0.39, 0.29) is 0 Å². The van der Waals surface area contributed by atoms with Crippen LogP contribution in [0.4, 0.5) is 0 Å². The second-order valence-corrected chi connectivity index (χ2v) is 9.97. The summed E-state index contributed by atoms with van der Waals surface area (Å²) in [4.78, 5) is 24.9. The van der Waals surface area contributed by atoms with Gasteiger partial charge < -0.3 is 0 Å². The Morgan fingerprint density at radius 2 is 1.20 bits per heavy atom. The van der Waals surface area contributed by atoms with E-state index >= 15 is 0 Å². The number of carbonyl (C=O) groups excluding carboxylic acids is 2. The van der Waals surface area contributed by atoms with Gasteiger partial charge in [0.15, 0.2) is 0 Å². The molecule has 1 heterocycles. The molecule has 0 aromatic carbocycles. The summed E-state index contributed by atoms with van der Waals surface area (Å²) in [5.74, 6) is -1.65. The number of hydrogen-bond acceptors (Lipinski definition) is 9. The first-order valence-corrected chi connectivity index (χ1v) is 9.63. The molecule has 0 amide bonds. The van der Waals surface area contributed by atoms with Crippen LogP contribution in [0.2, 0.25) is 0 Å². The number of rotatable bonds is 7. The van der Waals surface area contributed by atoms with E-state index in [1.807, 2.05) is 0 Å². The topological polar surface area (TPSA) is 98.8 Å². The summed E-state index contributed by atoms with van der Waals surface area (Å²) in [5, 5.41) is 0. The first-order chi connectivity index (χ1) is 11.4. The summed E-state index contributed by atoms with van der Waals surface area (Å²) in [6, 6.07) is 0. The summed E-state index contributed by atoms with van der Waals surface area (Å²) in [5.41, 5.74) is -3.28. The minimum absolute atomic E-state index is 0.814. The second kappa shape index (κ2) is 7.06. The quantitative estimate of drug-likeness (QED) is 0.481. The van der Waals surface area contributed by atoms with E-state index in [2.05, 4.69) is 0 Å². The summed E-state index contributed by atoms with van der Waals surface area (Å²) < 4.78 is 38.5. The second-order valence-electron chi connectivity index (χ2n) is 6.58. The fourth-order valence-electron chi connectivity index (χ4n) is 2.73. The molecular formula is C15H29O9P. The molecule has 1 aliphatic rings. The molecular weight excluding hydrogens is 355 g/mol. The van der Waals surface area contributed by atoms with Gasteiger partial charge in [0.1, 0.15) is 0 Å². The van der Waals surface area contributed by atoms with Crippen LogP contribution in [0.3, 0.4) is 0 Å². The molecule has 2 atom stereocenters. The zero-order valence-corrected chi connectivity index (χ0v) is 17.2. The molecule has 0 radical (unpaired) electrons. The summed E-state index contributed by atoms with van der Waals surface area (Å²) in [7, 11) is 1.50. The SMILES string of the molecule is COC(=O)C(OC)C(C(=O)OC)P1(OC)(OC)OC(C)(C)C(C)(C)O1. The van der Waals surface area contributed by atoms with E-state index < -0.39 is 42.4 Å². The molecule has 148 valence electrons. The van der Waals surface area contributed by atoms with Gasteiger partial charge >= 0.3 is 148 Å². The number of hydrogen-bond donors (Lipinski definition) is 0. The number of ether oxygens (including phenoxy) is 3. The van der Waals surface area contributed by atoms with Gasteiger partial charge in [0, 0.05) is 0 Å². The van der Waals surface area contributed by atoms with Crippen LogP contribution in [0.5, 0.6) is 0 Å². The average Bonchev–Trinajstić information content (AvgIpc) is 2.74. The zero-order valence-electron chi connectivity index (χ0n) is 16.3.